The van der Waals surface area contributed by atoms with Crippen LogP contribution in [0.5, 0.6) is 0 Å². The molecule has 0 aliphatic carbocycles. The Bertz CT molecular complexity index is 310. The van der Waals surface area contributed by atoms with Crippen LogP contribution in [0.25, 0.3) is 0 Å². The summed E-state index contributed by atoms with van der Waals surface area (Å²) in [6.07, 6.45) is -1.06. The van der Waals surface area contributed by atoms with E-state index in [2.05, 4.69) is 15.9 Å². The number of benzene rings is 1. The number of rotatable bonds is 2. The fraction of sp³-hybridized carbons (Fsp3) is 0.143. The van der Waals surface area contributed by atoms with Gasteiger partial charge in [-0.1, -0.05) is 24.0 Å². The van der Waals surface area contributed by atoms with Crippen molar-refractivity contribution in [3.05, 3.63) is 34.1 Å². The lowest BCUT2D eigenvalue weighted by molar-refractivity contribution is 0.468. The third kappa shape index (κ3) is 3.02. The van der Waals surface area contributed by atoms with Crippen molar-refractivity contribution in [2.45, 2.75) is 6.32 Å². The second-order valence-electron chi connectivity index (χ2n) is 2.63. The minimum absolute atomic E-state index is 0.0625. The zero-order valence-corrected chi connectivity index (χ0v) is 7.99. The van der Waals surface area contributed by atoms with Gasteiger partial charge in [0.05, 0.1) is 4.47 Å². The second-order valence-corrected chi connectivity index (χ2v) is 3.42. The van der Waals surface area contributed by atoms with E-state index in [4.69, 9.17) is 0 Å². The highest BCUT2D eigenvalue weighted by atomic mass is 79.9. The molecule has 0 saturated carbocycles. The van der Waals surface area contributed by atoms with Crippen molar-refractivity contribution in [1.29, 1.82) is 0 Å². The van der Waals surface area contributed by atoms with Crippen LogP contribution >= 0.6 is 15.9 Å². The molecule has 0 heterocycles. The average molecular weight is 256 g/mol. The number of halogens is 5. The molecule has 0 aromatic heterocycles. The first-order valence-corrected chi connectivity index (χ1v) is 4.33. The zero-order valence-electron chi connectivity index (χ0n) is 6.41. The van der Waals surface area contributed by atoms with Crippen LogP contribution in [0.4, 0.5) is 17.3 Å². The minimum atomic E-state index is -4.91. The predicted octanol–water partition coefficient (Wildman–Crippen LogP) is 3.52. The Labute approximate surface area is 81.1 Å². The Morgan fingerprint density at radius 3 is 2.38 bits per heavy atom. The molecule has 0 N–H and O–H groups in total. The fourth-order valence-corrected chi connectivity index (χ4v) is 1.38. The van der Waals surface area contributed by atoms with Crippen molar-refractivity contribution in [3.8, 4) is 0 Å². The maximum atomic E-state index is 12.7. The summed E-state index contributed by atoms with van der Waals surface area (Å²) in [5.41, 5.74) is -0.0625. The molecular formula is C7H5BBrF4-. The molecule has 1 rings (SSSR count). The summed E-state index contributed by atoms with van der Waals surface area (Å²) >= 11 is 2.77. The molecule has 6 heteroatoms. The first-order valence-electron chi connectivity index (χ1n) is 3.54. The Balaban J connectivity index is 2.96. The molecule has 0 bridgehead atoms. The van der Waals surface area contributed by atoms with Crippen LogP contribution < -0.4 is 0 Å². The highest BCUT2D eigenvalue weighted by molar-refractivity contribution is 9.10. The van der Waals surface area contributed by atoms with Gasteiger partial charge in [-0.25, -0.2) is 4.39 Å². The van der Waals surface area contributed by atoms with Crippen LogP contribution in [0.3, 0.4) is 0 Å². The van der Waals surface area contributed by atoms with E-state index in [-0.39, 0.29) is 10.0 Å². The minimum Gasteiger partial charge on any atom is -0.449 e. The summed E-state index contributed by atoms with van der Waals surface area (Å²) in [6, 6.07) is 3.62. The Morgan fingerprint density at radius 2 is 1.85 bits per heavy atom. The first-order chi connectivity index (χ1) is 5.90. The third-order valence-electron chi connectivity index (χ3n) is 1.48. The molecule has 72 valence electrons. The predicted molar refractivity (Wildman–Crippen MR) is 46.9 cm³/mol. The van der Waals surface area contributed by atoms with Gasteiger partial charge in [-0.05, 0) is 22.0 Å². The van der Waals surface area contributed by atoms with Crippen molar-refractivity contribution in [1.82, 2.24) is 0 Å². The van der Waals surface area contributed by atoms with Crippen LogP contribution in [0.15, 0.2) is 22.7 Å². The van der Waals surface area contributed by atoms with Crippen molar-refractivity contribution in [2.24, 2.45) is 0 Å². The molecule has 0 nitrogen and oxygen atoms in total. The summed E-state index contributed by atoms with van der Waals surface area (Å²) in [6.45, 7) is -4.91. The van der Waals surface area contributed by atoms with Gasteiger partial charge in [-0.2, -0.15) is 0 Å². The van der Waals surface area contributed by atoms with E-state index in [0.717, 1.165) is 6.07 Å². The van der Waals surface area contributed by atoms with Crippen molar-refractivity contribution >= 4 is 22.9 Å². The second kappa shape index (κ2) is 3.70. The maximum Gasteiger partial charge on any atom is 0.482 e. The van der Waals surface area contributed by atoms with Crippen LogP contribution in [-0.2, 0) is 6.32 Å². The molecule has 0 aliphatic rings. The quantitative estimate of drug-likeness (QED) is 0.560. The van der Waals surface area contributed by atoms with Crippen LogP contribution in [0, 0.1) is 5.82 Å². The Hall–Kier alpha value is -0.515. The van der Waals surface area contributed by atoms with Crippen LogP contribution in [0.1, 0.15) is 5.56 Å². The van der Waals surface area contributed by atoms with Gasteiger partial charge in [0.25, 0.3) is 0 Å². The van der Waals surface area contributed by atoms with Crippen molar-refractivity contribution in [2.75, 3.05) is 0 Å². The van der Waals surface area contributed by atoms with Gasteiger partial charge in [0, 0.05) is 0 Å². The van der Waals surface area contributed by atoms with E-state index in [1.54, 1.807) is 0 Å². The monoisotopic (exact) mass is 255 g/mol. The number of hydrogen-bond donors (Lipinski definition) is 0. The van der Waals surface area contributed by atoms with E-state index in [0.29, 0.717) is 0 Å². The molecule has 0 atom stereocenters. The van der Waals surface area contributed by atoms with E-state index in [1.165, 1.54) is 12.1 Å². The lowest BCUT2D eigenvalue weighted by Gasteiger charge is -2.14. The van der Waals surface area contributed by atoms with Crippen LogP contribution in [0.2, 0.25) is 0 Å². The Kier molecular flexibility index (Phi) is 3.00. The third-order valence-corrected chi connectivity index (χ3v) is 2.37. The molecule has 0 unspecified atom stereocenters. The number of hydrogen-bond acceptors (Lipinski definition) is 0. The molecule has 0 saturated heterocycles. The molecule has 1 aromatic rings. The normalized spacial score (nSPS) is 11.8. The standard InChI is InChI=1S/C7H5BBrF4/c9-7-5(4-8(11,12)13)2-1-3-6(7)10/h1-3H,4H2/q-1. The molecule has 0 radical (unpaired) electrons. The zero-order chi connectivity index (χ0) is 10.1. The highest BCUT2D eigenvalue weighted by Crippen LogP contribution is 2.25. The van der Waals surface area contributed by atoms with Gasteiger partial charge < -0.3 is 12.9 Å². The molecule has 0 amide bonds. The smallest absolute Gasteiger partial charge is 0.449 e. The highest BCUT2D eigenvalue weighted by Gasteiger charge is 2.24. The van der Waals surface area contributed by atoms with E-state index < -0.39 is 19.1 Å². The van der Waals surface area contributed by atoms with Crippen molar-refractivity contribution in [3.63, 3.8) is 0 Å². The molecule has 13 heavy (non-hydrogen) atoms. The van der Waals surface area contributed by atoms with Gasteiger partial charge in [-0.3, -0.25) is 0 Å². The van der Waals surface area contributed by atoms with Gasteiger partial charge in [0.1, 0.15) is 5.82 Å². The molecule has 0 aliphatic heterocycles. The molecule has 1 aromatic carbocycles. The first kappa shape index (κ1) is 10.6. The average Bonchev–Trinajstić information content (AvgIpc) is 1.96. The maximum absolute atomic E-state index is 12.7. The fourth-order valence-electron chi connectivity index (χ4n) is 0.955. The van der Waals surface area contributed by atoms with Gasteiger partial charge in [0.15, 0.2) is 0 Å². The molecule has 0 spiro atoms. The Morgan fingerprint density at radius 1 is 1.23 bits per heavy atom. The van der Waals surface area contributed by atoms with Crippen LogP contribution in [-0.4, -0.2) is 6.98 Å². The van der Waals surface area contributed by atoms with E-state index in [1.807, 2.05) is 0 Å². The summed E-state index contributed by atoms with van der Waals surface area (Å²) in [5, 5.41) is 0. The van der Waals surface area contributed by atoms with E-state index >= 15 is 0 Å². The summed E-state index contributed by atoms with van der Waals surface area (Å²) in [4.78, 5) is 0. The summed E-state index contributed by atoms with van der Waals surface area (Å²) < 4.78 is 48.6. The largest absolute Gasteiger partial charge is 0.482 e. The van der Waals surface area contributed by atoms with Crippen molar-refractivity contribution < 1.29 is 17.3 Å². The SMILES string of the molecule is Fc1cccc(C[B-](F)(F)F)c1Br. The van der Waals surface area contributed by atoms with Gasteiger partial charge >= 0.3 is 6.98 Å². The molecule has 0 fully saturated rings. The van der Waals surface area contributed by atoms with Gasteiger partial charge in [0.2, 0.25) is 0 Å². The molecular weight excluding hydrogens is 251 g/mol. The van der Waals surface area contributed by atoms with E-state index in [9.17, 15) is 17.3 Å². The summed E-state index contributed by atoms with van der Waals surface area (Å²) in [5.74, 6) is -0.669. The summed E-state index contributed by atoms with van der Waals surface area (Å²) in [7, 11) is 0. The van der Waals surface area contributed by atoms with Gasteiger partial charge in [-0.15, -0.1) is 0 Å². The lowest BCUT2D eigenvalue weighted by Crippen LogP contribution is -2.19. The topological polar surface area (TPSA) is 0 Å². The lowest BCUT2D eigenvalue weighted by atomic mass is 9.82.